The summed E-state index contributed by atoms with van der Waals surface area (Å²) in [7, 11) is 0. The van der Waals surface area contributed by atoms with E-state index in [-0.39, 0.29) is 0 Å². The Morgan fingerprint density at radius 3 is 2.75 bits per heavy atom. The van der Waals surface area contributed by atoms with E-state index in [0.29, 0.717) is 10.3 Å². The van der Waals surface area contributed by atoms with Crippen molar-refractivity contribution >= 4 is 21.8 Å². The van der Waals surface area contributed by atoms with Gasteiger partial charge in [0.25, 0.3) is 5.91 Å². The number of halogens is 1. The summed E-state index contributed by atoms with van der Waals surface area (Å²) >= 11 is 3.11. The monoisotopic (exact) mass is 225 g/mol. The largest absolute Gasteiger partial charge is 0.359 e. The van der Waals surface area contributed by atoms with Crippen LogP contribution in [0.15, 0.2) is 17.0 Å². The molecule has 1 aromatic rings. The fourth-order valence-corrected chi connectivity index (χ4v) is 0.707. The van der Waals surface area contributed by atoms with Gasteiger partial charge in [0, 0.05) is 5.92 Å². The number of primary amides is 1. The van der Waals surface area contributed by atoms with Gasteiger partial charge in [-0.1, -0.05) is 0 Å². The number of nitrogens with zero attached hydrogens (tertiary/aromatic N) is 2. The molecule has 60 valence electrons. The van der Waals surface area contributed by atoms with Crippen molar-refractivity contribution in [1.29, 1.82) is 0 Å². The number of carbonyl (C=O) groups is 1. The molecule has 0 aliphatic carbocycles. The van der Waals surface area contributed by atoms with Crippen LogP contribution in [0.5, 0.6) is 0 Å². The summed E-state index contributed by atoms with van der Waals surface area (Å²) in [6.07, 6.45) is 2.94. The Morgan fingerprint density at radius 2 is 2.25 bits per heavy atom. The summed E-state index contributed by atoms with van der Waals surface area (Å²) in [5, 5.41) is 0. The summed E-state index contributed by atoms with van der Waals surface area (Å²) in [4.78, 5) is 17.9. The van der Waals surface area contributed by atoms with Crippen LogP contribution < -0.4 is 5.73 Å². The van der Waals surface area contributed by atoms with Crippen LogP contribution in [0.25, 0.3) is 0 Å². The van der Waals surface area contributed by atoms with Crippen LogP contribution in [0.1, 0.15) is 5.69 Å². The van der Waals surface area contributed by atoms with Crippen molar-refractivity contribution < 1.29 is 4.79 Å². The minimum Gasteiger partial charge on any atom is -0.359 e. The van der Waals surface area contributed by atoms with Gasteiger partial charge in [-0.2, -0.15) is 0 Å². The van der Waals surface area contributed by atoms with Crippen LogP contribution in [0.3, 0.4) is 0 Å². The molecule has 0 aliphatic heterocycles. The maximum Gasteiger partial charge on any atom is 0.293 e. The molecule has 1 aromatic heterocycles. The predicted octanol–water partition coefficient (Wildman–Crippen LogP) is 0.0759. The summed E-state index contributed by atoms with van der Waals surface area (Å²) < 4.78 is 0.618. The normalized spacial score (nSPS) is 8.42. The first-order valence-corrected chi connectivity index (χ1v) is 3.77. The topological polar surface area (TPSA) is 68.9 Å². The Bertz CT molecular complexity index is 349. The highest BCUT2D eigenvalue weighted by Gasteiger charge is 1.89. The van der Waals surface area contributed by atoms with Gasteiger partial charge in [0.1, 0.15) is 10.3 Å². The number of amides is 1. The lowest BCUT2D eigenvalue weighted by Gasteiger charge is -1.87. The second kappa shape index (κ2) is 3.83. The van der Waals surface area contributed by atoms with E-state index in [4.69, 9.17) is 5.73 Å². The molecule has 0 bridgehead atoms. The van der Waals surface area contributed by atoms with Crippen molar-refractivity contribution in [2.75, 3.05) is 0 Å². The van der Waals surface area contributed by atoms with E-state index < -0.39 is 5.91 Å². The zero-order chi connectivity index (χ0) is 8.97. The average Bonchev–Trinajstić information content (AvgIpc) is 2.03. The fourth-order valence-electron chi connectivity index (χ4n) is 0.502. The van der Waals surface area contributed by atoms with Crippen molar-refractivity contribution in [3.63, 3.8) is 0 Å². The second-order valence-corrected chi connectivity index (χ2v) is 2.65. The fraction of sp³-hybridized carbons (Fsp3) is 0. The molecule has 0 fully saturated rings. The highest BCUT2D eigenvalue weighted by atomic mass is 79.9. The van der Waals surface area contributed by atoms with Crippen LogP contribution in [-0.2, 0) is 4.79 Å². The molecule has 4 nitrogen and oxygen atoms in total. The number of aromatic nitrogens is 2. The first-order valence-electron chi connectivity index (χ1n) is 2.97. The molecule has 1 amide bonds. The Morgan fingerprint density at radius 1 is 1.50 bits per heavy atom. The van der Waals surface area contributed by atoms with Crippen molar-refractivity contribution in [1.82, 2.24) is 9.97 Å². The van der Waals surface area contributed by atoms with Gasteiger partial charge in [-0.3, -0.25) is 4.79 Å². The molecule has 0 saturated heterocycles. The summed E-state index contributed by atoms with van der Waals surface area (Å²) in [5.74, 6) is 3.92. The number of rotatable bonds is 0. The first-order chi connectivity index (χ1) is 5.68. The molecule has 5 heteroatoms. The molecule has 1 rings (SSSR count). The number of hydrogen-bond acceptors (Lipinski definition) is 3. The molecule has 0 spiro atoms. The molecule has 2 N–H and O–H groups in total. The average molecular weight is 226 g/mol. The van der Waals surface area contributed by atoms with Gasteiger partial charge in [-0.15, -0.1) is 0 Å². The van der Waals surface area contributed by atoms with E-state index in [2.05, 4.69) is 37.7 Å². The van der Waals surface area contributed by atoms with Crippen LogP contribution >= 0.6 is 15.9 Å². The Balaban J connectivity index is 2.86. The predicted molar refractivity (Wildman–Crippen MR) is 45.8 cm³/mol. The van der Waals surface area contributed by atoms with E-state index in [1.54, 1.807) is 0 Å². The third-order valence-corrected chi connectivity index (χ3v) is 1.34. The molecular weight excluding hydrogens is 222 g/mol. The van der Waals surface area contributed by atoms with Crippen molar-refractivity contribution in [3.05, 3.63) is 22.7 Å². The van der Waals surface area contributed by atoms with Gasteiger partial charge >= 0.3 is 0 Å². The third-order valence-electron chi connectivity index (χ3n) is 0.934. The number of nitrogens with two attached hydrogens (primary N) is 1. The van der Waals surface area contributed by atoms with Gasteiger partial charge in [0.2, 0.25) is 0 Å². The van der Waals surface area contributed by atoms with Crippen LogP contribution in [0, 0.1) is 11.8 Å². The van der Waals surface area contributed by atoms with Crippen molar-refractivity contribution in [2.24, 2.45) is 5.73 Å². The molecule has 0 unspecified atom stereocenters. The standard InChI is InChI=1S/C7H4BrN3O/c8-6-4-10-5(3-11-6)1-2-7(9)12/h3-4H,(H2,9,12). The molecule has 1 heterocycles. The maximum absolute atomic E-state index is 10.2. The SMILES string of the molecule is NC(=O)C#Cc1cnc(Br)cn1. The first kappa shape index (κ1) is 8.68. The van der Waals surface area contributed by atoms with Gasteiger partial charge in [0.05, 0.1) is 12.4 Å². The second-order valence-electron chi connectivity index (χ2n) is 1.84. The van der Waals surface area contributed by atoms with E-state index in [1.165, 1.54) is 12.4 Å². The lowest BCUT2D eigenvalue weighted by atomic mass is 10.4. The number of carbonyl (C=O) groups excluding carboxylic acids is 1. The van der Waals surface area contributed by atoms with Crippen molar-refractivity contribution in [3.8, 4) is 11.8 Å². The smallest absolute Gasteiger partial charge is 0.293 e. The van der Waals surface area contributed by atoms with Crippen LogP contribution in [0.4, 0.5) is 0 Å². The minimum atomic E-state index is -0.681. The molecule has 0 aliphatic rings. The minimum absolute atomic E-state index is 0.414. The molecular formula is C7H4BrN3O. The third kappa shape index (κ3) is 2.68. The Labute approximate surface area is 77.3 Å². The van der Waals surface area contributed by atoms with Gasteiger partial charge in [-0.25, -0.2) is 9.97 Å². The van der Waals surface area contributed by atoms with Crippen LogP contribution in [-0.4, -0.2) is 15.9 Å². The summed E-state index contributed by atoms with van der Waals surface area (Å²) in [5.41, 5.74) is 5.21. The van der Waals surface area contributed by atoms with Gasteiger partial charge in [-0.05, 0) is 21.9 Å². The maximum atomic E-state index is 10.2. The summed E-state index contributed by atoms with van der Waals surface area (Å²) in [6.45, 7) is 0. The zero-order valence-corrected chi connectivity index (χ0v) is 7.50. The molecule has 12 heavy (non-hydrogen) atoms. The Kier molecular flexibility index (Phi) is 2.77. The van der Waals surface area contributed by atoms with E-state index in [9.17, 15) is 4.79 Å². The quantitative estimate of drug-likeness (QED) is 0.636. The highest BCUT2D eigenvalue weighted by molar-refractivity contribution is 9.10. The molecule has 0 saturated carbocycles. The molecule has 0 atom stereocenters. The van der Waals surface area contributed by atoms with E-state index in [0.717, 1.165) is 0 Å². The highest BCUT2D eigenvalue weighted by Crippen LogP contribution is 2.01. The lowest BCUT2D eigenvalue weighted by molar-refractivity contribution is -0.112. The van der Waals surface area contributed by atoms with Crippen LogP contribution in [0.2, 0.25) is 0 Å². The number of hydrogen-bond donors (Lipinski definition) is 1. The zero-order valence-electron chi connectivity index (χ0n) is 5.91. The molecule has 0 radical (unpaired) electrons. The summed E-state index contributed by atoms with van der Waals surface area (Å²) in [6, 6.07) is 0. The van der Waals surface area contributed by atoms with Crippen molar-refractivity contribution in [2.45, 2.75) is 0 Å². The van der Waals surface area contributed by atoms with Gasteiger partial charge < -0.3 is 5.73 Å². The lowest BCUT2D eigenvalue weighted by Crippen LogP contribution is -2.06. The van der Waals surface area contributed by atoms with E-state index >= 15 is 0 Å². The van der Waals surface area contributed by atoms with E-state index in [1.807, 2.05) is 0 Å². The van der Waals surface area contributed by atoms with Gasteiger partial charge in [0.15, 0.2) is 0 Å². The molecule has 0 aromatic carbocycles. The Hall–Kier alpha value is -1.41.